The van der Waals surface area contributed by atoms with E-state index < -0.39 is 5.92 Å². The molecule has 2 aromatic heterocycles. The summed E-state index contributed by atoms with van der Waals surface area (Å²) < 4.78 is 13.2. The Morgan fingerprint density at radius 2 is 1.26 bits per heavy atom. The number of aromatic nitrogens is 4. The highest BCUT2D eigenvalue weighted by molar-refractivity contribution is 5.85. The average molecular weight is 339 g/mol. The van der Waals surface area contributed by atoms with Crippen LogP contribution < -0.4 is 11.1 Å². The van der Waals surface area contributed by atoms with Crippen LogP contribution in [0, 0.1) is 19.7 Å². The third kappa shape index (κ3) is 2.87. The van der Waals surface area contributed by atoms with Crippen molar-refractivity contribution < 1.29 is 4.39 Å². The maximum absolute atomic E-state index is 13.2. The van der Waals surface area contributed by atoms with Crippen molar-refractivity contribution in [3.05, 3.63) is 78.9 Å². The van der Waals surface area contributed by atoms with Crippen LogP contribution >= 0.6 is 12.4 Å². The van der Waals surface area contributed by atoms with Crippen molar-refractivity contribution in [1.82, 2.24) is 20.4 Å². The Morgan fingerprint density at radius 3 is 1.61 bits per heavy atom. The molecule has 0 aliphatic carbocycles. The summed E-state index contributed by atoms with van der Waals surface area (Å²) in [5, 5.41) is 10.6. The standard InChI is InChI=1S/C15H15FN4O2.ClH/c1-7-11(14(21)19-17-7)13(9-3-5-10(16)6-4-9)12-8(2)18-20-15(12)22;/h3-6,13H,1-2H3,(H2,17,19,21)(H2,18,20,22);1H. The molecule has 3 aromatic rings. The first-order valence-corrected chi connectivity index (χ1v) is 6.78. The smallest absolute Gasteiger partial charge is 0.268 e. The average Bonchev–Trinajstić information content (AvgIpc) is 2.99. The molecule has 0 radical (unpaired) electrons. The van der Waals surface area contributed by atoms with Crippen LogP contribution in [0.1, 0.15) is 34.0 Å². The van der Waals surface area contributed by atoms with Crippen molar-refractivity contribution in [2.24, 2.45) is 0 Å². The van der Waals surface area contributed by atoms with Gasteiger partial charge in [-0.25, -0.2) is 4.39 Å². The van der Waals surface area contributed by atoms with Gasteiger partial charge in [-0.3, -0.25) is 19.8 Å². The third-order valence-electron chi connectivity index (χ3n) is 3.81. The molecular formula is C15H16ClFN4O2. The maximum Gasteiger partial charge on any atom is 0.268 e. The fraction of sp³-hybridized carbons (Fsp3) is 0.200. The van der Waals surface area contributed by atoms with Gasteiger partial charge in [0.15, 0.2) is 0 Å². The predicted octanol–water partition coefficient (Wildman–Crippen LogP) is 2.08. The quantitative estimate of drug-likeness (QED) is 0.588. The highest BCUT2D eigenvalue weighted by Crippen LogP contribution is 2.30. The van der Waals surface area contributed by atoms with Crippen molar-refractivity contribution in [2.45, 2.75) is 19.8 Å². The van der Waals surface area contributed by atoms with Crippen molar-refractivity contribution in [2.75, 3.05) is 0 Å². The van der Waals surface area contributed by atoms with E-state index in [1.165, 1.54) is 12.1 Å². The van der Waals surface area contributed by atoms with Crippen LogP contribution in [0.3, 0.4) is 0 Å². The molecule has 0 aliphatic heterocycles. The molecule has 122 valence electrons. The van der Waals surface area contributed by atoms with Crippen LogP contribution in [-0.2, 0) is 0 Å². The number of aryl methyl sites for hydroxylation is 2. The first kappa shape index (κ1) is 16.8. The van der Waals surface area contributed by atoms with Gasteiger partial charge in [-0.05, 0) is 31.5 Å². The van der Waals surface area contributed by atoms with Gasteiger partial charge in [0.2, 0.25) is 0 Å². The second-order valence-electron chi connectivity index (χ2n) is 5.22. The Balaban J connectivity index is 0.00000192. The zero-order chi connectivity index (χ0) is 15.9. The fourth-order valence-electron chi connectivity index (χ4n) is 2.74. The Labute approximate surface area is 136 Å². The van der Waals surface area contributed by atoms with E-state index >= 15 is 0 Å². The van der Waals surface area contributed by atoms with Gasteiger partial charge in [0.25, 0.3) is 11.1 Å². The summed E-state index contributed by atoms with van der Waals surface area (Å²) in [5.74, 6) is -0.951. The number of hydrogen-bond donors (Lipinski definition) is 4. The van der Waals surface area contributed by atoms with Crippen LogP contribution in [0.4, 0.5) is 4.39 Å². The van der Waals surface area contributed by atoms with Gasteiger partial charge in [0.1, 0.15) is 5.82 Å². The topological polar surface area (TPSA) is 97.3 Å². The number of hydrogen-bond acceptors (Lipinski definition) is 2. The number of rotatable bonds is 3. The minimum atomic E-state index is -0.578. The van der Waals surface area contributed by atoms with Crippen molar-refractivity contribution >= 4 is 12.4 Å². The summed E-state index contributed by atoms with van der Waals surface area (Å²) in [6.45, 7) is 3.50. The van der Waals surface area contributed by atoms with E-state index in [4.69, 9.17) is 0 Å². The van der Waals surface area contributed by atoms with Crippen molar-refractivity contribution in [1.29, 1.82) is 0 Å². The monoisotopic (exact) mass is 338 g/mol. The number of H-pyrrole nitrogens is 4. The van der Waals surface area contributed by atoms with Gasteiger partial charge in [0, 0.05) is 17.3 Å². The molecule has 0 bridgehead atoms. The van der Waals surface area contributed by atoms with E-state index in [0.29, 0.717) is 28.1 Å². The van der Waals surface area contributed by atoms with E-state index in [-0.39, 0.29) is 29.3 Å². The number of benzene rings is 1. The molecule has 23 heavy (non-hydrogen) atoms. The Kier molecular flexibility index (Phi) is 4.60. The largest absolute Gasteiger partial charge is 0.302 e. The first-order chi connectivity index (χ1) is 10.5. The van der Waals surface area contributed by atoms with Gasteiger partial charge < -0.3 is 10.2 Å². The highest BCUT2D eigenvalue weighted by Gasteiger charge is 2.27. The normalized spacial score (nSPS) is 10.8. The van der Waals surface area contributed by atoms with Gasteiger partial charge in [0.05, 0.1) is 11.1 Å². The molecule has 0 saturated carbocycles. The molecule has 3 rings (SSSR count). The van der Waals surface area contributed by atoms with Crippen molar-refractivity contribution in [3.63, 3.8) is 0 Å². The highest BCUT2D eigenvalue weighted by atomic mass is 35.5. The van der Waals surface area contributed by atoms with Gasteiger partial charge >= 0.3 is 0 Å². The van der Waals surface area contributed by atoms with E-state index in [1.807, 2.05) is 0 Å². The second kappa shape index (κ2) is 6.29. The summed E-state index contributed by atoms with van der Waals surface area (Å²) in [6, 6.07) is 5.79. The fourth-order valence-corrected chi connectivity index (χ4v) is 2.74. The Morgan fingerprint density at radius 1 is 0.826 bits per heavy atom. The molecule has 4 N–H and O–H groups in total. The van der Waals surface area contributed by atoms with E-state index in [2.05, 4.69) is 20.4 Å². The molecule has 0 spiro atoms. The lowest BCUT2D eigenvalue weighted by molar-refractivity contribution is 0.626. The summed E-state index contributed by atoms with van der Waals surface area (Å²) in [6.07, 6.45) is 0. The van der Waals surface area contributed by atoms with Crippen LogP contribution in [-0.4, -0.2) is 20.4 Å². The summed E-state index contributed by atoms with van der Waals surface area (Å²) in [4.78, 5) is 24.3. The van der Waals surface area contributed by atoms with E-state index in [0.717, 1.165) is 0 Å². The lowest BCUT2D eigenvalue weighted by atomic mass is 9.85. The van der Waals surface area contributed by atoms with Crippen LogP contribution in [0.15, 0.2) is 33.9 Å². The molecule has 8 heteroatoms. The molecule has 6 nitrogen and oxygen atoms in total. The number of nitrogens with one attached hydrogen (secondary N) is 4. The van der Waals surface area contributed by atoms with Gasteiger partial charge in [-0.1, -0.05) is 12.1 Å². The molecule has 1 aromatic carbocycles. The number of halogens is 2. The molecule has 0 amide bonds. The molecule has 0 saturated heterocycles. The Hall–Kier alpha value is -2.54. The van der Waals surface area contributed by atoms with E-state index in [9.17, 15) is 14.0 Å². The molecule has 0 unspecified atom stereocenters. The zero-order valence-corrected chi connectivity index (χ0v) is 13.3. The van der Waals surface area contributed by atoms with Crippen molar-refractivity contribution in [3.8, 4) is 0 Å². The zero-order valence-electron chi connectivity index (χ0n) is 12.5. The number of aromatic amines is 4. The summed E-state index contributed by atoms with van der Waals surface area (Å²) >= 11 is 0. The lowest BCUT2D eigenvalue weighted by Crippen LogP contribution is -2.20. The van der Waals surface area contributed by atoms with Crippen LogP contribution in [0.25, 0.3) is 0 Å². The molecular weight excluding hydrogens is 323 g/mol. The summed E-state index contributed by atoms with van der Waals surface area (Å²) in [7, 11) is 0. The van der Waals surface area contributed by atoms with Gasteiger partial charge in [-0.2, -0.15) is 0 Å². The molecule has 2 heterocycles. The minimum Gasteiger partial charge on any atom is -0.302 e. The lowest BCUT2D eigenvalue weighted by Gasteiger charge is -2.15. The third-order valence-corrected chi connectivity index (χ3v) is 3.81. The van der Waals surface area contributed by atoms with Crippen LogP contribution in [0.2, 0.25) is 0 Å². The molecule has 0 fully saturated rings. The maximum atomic E-state index is 13.2. The second-order valence-corrected chi connectivity index (χ2v) is 5.22. The van der Waals surface area contributed by atoms with E-state index in [1.54, 1.807) is 26.0 Å². The van der Waals surface area contributed by atoms with Gasteiger partial charge in [-0.15, -0.1) is 12.4 Å². The SMILES string of the molecule is Cc1[nH][nH]c(=O)c1C(c1ccc(F)cc1)c1c(C)[nH][nH]c1=O.Cl. The Bertz CT molecular complexity index is 866. The summed E-state index contributed by atoms with van der Waals surface area (Å²) in [5.41, 5.74) is 2.24. The molecule has 0 aliphatic rings. The molecule has 0 atom stereocenters. The first-order valence-electron chi connectivity index (χ1n) is 6.78. The predicted molar refractivity (Wildman–Crippen MR) is 86.9 cm³/mol. The minimum absolute atomic E-state index is 0. The van der Waals surface area contributed by atoms with Crippen LogP contribution in [0.5, 0.6) is 0 Å².